The SMILES string of the molecule is Cc1ccccc1N1C(=O)C(c2ccccc2)=C(N2CCN(c3ncccn3)CC2)C1=O. The van der Waals surface area contributed by atoms with Gasteiger partial charge in [-0.15, -0.1) is 0 Å². The van der Waals surface area contributed by atoms with Crippen molar-refractivity contribution in [1.29, 1.82) is 0 Å². The fourth-order valence-corrected chi connectivity index (χ4v) is 4.29. The van der Waals surface area contributed by atoms with Crippen LogP contribution in [0.2, 0.25) is 0 Å². The van der Waals surface area contributed by atoms with Crippen LogP contribution in [-0.4, -0.2) is 52.9 Å². The number of aromatic nitrogens is 2. The molecular formula is C25H23N5O2. The number of carbonyl (C=O) groups excluding carboxylic acids is 2. The van der Waals surface area contributed by atoms with Gasteiger partial charge >= 0.3 is 0 Å². The Hall–Kier alpha value is -4.00. The first-order valence-corrected chi connectivity index (χ1v) is 10.7. The molecule has 1 aromatic heterocycles. The van der Waals surface area contributed by atoms with Crippen molar-refractivity contribution >= 4 is 29.0 Å². The second-order valence-electron chi connectivity index (χ2n) is 7.84. The summed E-state index contributed by atoms with van der Waals surface area (Å²) in [4.78, 5) is 41.4. The van der Waals surface area contributed by atoms with Crippen LogP contribution in [0.1, 0.15) is 11.1 Å². The summed E-state index contributed by atoms with van der Waals surface area (Å²) in [5.41, 5.74) is 3.20. The third-order valence-corrected chi connectivity index (χ3v) is 5.91. The van der Waals surface area contributed by atoms with Gasteiger partial charge in [0.2, 0.25) is 5.95 Å². The number of anilines is 2. The van der Waals surface area contributed by atoms with Crippen LogP contribution in [0.25, 0.3) is 5.57 Å². The molecule has 0 radical (unpaired) electrons. The summed E-state index contributed by atoms with van der Waals surface area (Å²) in [6, 6.07) is 18.7. The van der Waals surface area contributed by atoms with Crippen LogP contribution in [0.15, 0.2) is 78.8 Å². The van der Waals surface area contributed by atoms with E-state index in [1.165, 1.54) is 4.90 Å². The van der Waals surface area contributed by atoms with Gasteiger partial charge in [0.05, 0.1) is 11.3 Å². The fourth-order valence-electron chi connectivity index (χ4n) is 4.29. The summed E-state index contributed by atoms with van der Waals surface area (Å²) >= 11 is 0. The molecule has 0 unspecified atom stereocenters. The average molecular weight is 425 g/mol. The van der Waals surface area contributed by atoms with E-state index in [2.05, 4.69) is 14.9 Å². The summed E-state index contributed by atoms with van der Waals surface area (Å²) in [7, 11) is 0. The first-order valence-electron chi connectivity index (χ1n) is 10.7. The molecule has 5 rings (SSSR count). The molecule has 2 aliphatic heterocycles. The molecule has 2 aliphatic rings. The summed E-state index contributed by atoms with van der Waals surface area (Å²) in [6.07, 6.45) is 3.45. The molecule has 3 aromatic rings. The van der Waals surface area contributed by atoms with E-state index < -0.39 is 0 Å². The van der Waals surface area contributed by atoms with Crippen LogP contribution in [0.5, 0.6) is 0 Å². The molecule has 0 saturated carbocycles. The Labute approximate surface area is 186 Å². The van der Waals surface area contributed by atoms with Crippen LogP contribution >= 0.6 is 0 Å². The van der Waals surface area contributed by atoms with Gasteiger partial charge in [0.25, 0.3) is 11.8 Å². The monoisotopic (exact) mass is 425 g/mol. The van der Waals surface area contributed by atoms with Crippen LogP contribution in [-0.2, 0) is 9.59 Å². The number of amides is 2. The minimum Gasteiger partial charge on any atom is -0.363 e. The Morgan fingerprint density at radius 1 is 0.719 bits per heavy atom. The van der Waals surface area contributed by atoms with Crippen molar-refractivity contribution in [2.75, 3.05) is 36.0 Å². The number of para-hydroxylation sites is 1. The van der Waals surface area contributed by atoms with Crippen LogP contribution in [0.3, 0.4) is 0 Å². The van der Waals surface area contributed by atoms with Gasteiger partial charge in [0, 0.05) is 38.6 Å². The predicted octanol–water partition coefficient (Wildman–Crippen LogP) is 2.89. The number of aryl methyl sites for hydroxylation is 1. The molecule has 160 valence electrons. The fraction of sp³-hybridized carbons (Fsp3) is 0.200. The van der Waals surface area contributed by atoms with E-state index in [4.69, 9.17) is 0 Å². The van der Waals surface area contributed by atoms with Crippen LogP contribution in [0, 0.1) is 6.92 Å². The number of rotatable bonds is 4. The lowest BCUT2D eigenvalue weighted by Gasteiger charge is -2.36. The van der Waals surface area contributed by atoms with Gasteiger partial charge in [-0.05, 0) is 30.2 Å². The van der Waals surface area contributed by atoms with Crippen molar-refractivity contribution in [3.8, 4) is 0 Å². The highest BCUT2D eigenvalue weighted by molar-refractivity contribution is 6.45. The molecule has 3 heterocycles. The summed E-state index contributed by atoms with van der Waals surface area (Å²) in [5.74, 6) is 0.131. The van der Waals surface area contributed by atoms with Crippen molar-refractivity contribution < 1.29 is 9.59 Å². The lowest BCUT2D eigenvalue weighted by Crippen LogP contribution is -2.48. The van der Waals surface area contributed by atoms with E-state index in [1.54, 1.807) is 18.5 Å². The maximum absolute atomic E-state index is 13.7. The van der Waals surface area contributed by atoms with Gasteiger partial charge in [-0.2, -0.15) is 0 Å². The molecule has 2 amide bonds. The van der Waals surface area contributed by atoms with E-state index in [9.17, 15) is 9.59 Å². The second-order valence-corrected chi connectivity index (χ2v) is 7.84. The number of hydrogen-bond donors (Lipinski definition) is 0. The lowest BCUT2D eigenvalue weighted by atomic mass is 10.0. The quantitative estimate of drug-likeness (QED) is 0.599. The topological polar surface area (TPSA) is 69.6 Å². The molecule has 0 aliphatic carbocycles. The molecule has 1 saturated heterocycles. The largest absolute Gasteiger partial charge is 0.363 e. The number of piperazine rings is 1. The maximum atomic E-state index is 13.7. The molecule has 0 spiro atoms. The van der Waals surface area contributed by atoms with E-state index in [1.807, 2.05) is 66.4 Å². The third-order valence-electron chi connectivity index (χ3n) is 5.91. The van der Waals surface area contributed by atoms with Crippen molar-refractivity contribution in [3.05, 3.63) is 89.9 Å². The van der Waals surface area contributed by atoms with E-state index in [0.29, 0.717) is 49.1 Å². The van der Waals surface area contributed by atoms with E-state index >= 15 is 0 Å². The Morgan fingerprint density at radius 2 is 1.34 bits per heavy atom. The molecule has 0 N–H and O–H groups in total. The Morgan fingerprint density at radius 3 is 2.03 bits per heavy atom. The Balaban J connectivity index is 1.50. The first-order chi connectivity index (χ1) is 15.6. The number of hydrogen-bond acceptors (Lipinski definition) is 6. The van der Waals surface area contributed by atoms with Crippen LogP contribution in [0.4, 0.5) is 11.6 Å². The molecule has 32 heavy (non-hydrogen) atoms. The summed E-state index contributed by atoms with van der Waals surface area (Å²) in [5, 5.41) is 0. The van der Waals surface area contributed by atoms with Gasteiger partial charge < -0.3 is 9.80 Å². The van der Waals surface area contributed by atoms with Crippen LogP contribution < -0.4 is 9.80 Å². The van der Waals surface area contributed by atoms with E-state index in [0.717, 1.165) is 11.1 Å². The van der Waals surface area contributed by atoms with Crippen molar-refractivity contribution in [2.45, 2.75) is 6.92 Å². The third kappa shape index (κ3) is 3.41. The van der Waals surface area contributed by atoms with Gasteiger partial charge in [-0.3, -0.25) is 9.59 Å². The van der Waals surface area contributed by atoms with Gasteiger partial charge in [0.15, 0.2) is 0 Å². The predicted molar refractivity (Wildman–Crippen MR) is 123 cm³/mol. The molecule has 7 nitrogen and oxygen atoms in total. The van der Waals surface area contributed by atoms with Crippen molar-refractivity contribution in [3.63, 3.8) is 0 Å². The number of imide groups is 1. The van der Waals surface area contributed by atoms with Crippen molar-refractivity contribution in [2.24, 2.45) is 0 Å². The Bertz CT molecular complexity index is 1190. The molecule has 1 fully saturated rings. The molecule has 0 atom stereocenters. The highest BCUT2D eigenvalue weighted by Gasteiger charge is 2.43. The minimum atomic E-state index is -0.278. The summed E-state index contributed by atoms with van der Waals surface area (Å²) < 4.78 is 0. The smallest absolute Gasteiger partial charge is 0.282 e. The molecular weight excluding hydrogens is 402 g/mol. The highest BCUT2D eigenvalue weighted by Crippen LogP contribution is 2.36. The standard InChI is InChI=1S/C25H23N5O2/c1-18-8-5-6-11-20(18)30-23(31)21(19-9-3-2-4-10-19)22(24(30)32)28-14-16-29(17-15-28)25-26-12-7-13-27-25/h2-13H,14-17H2,1H3. The highest BCUT2D eigenvalue weighted by atomic mass is 16.2. The number of carbonyl (C=O) groups is 2. The number of benzene rings is 2. The first kappa shape index (κ1) is 19.9. The Kier molecular flexibility index (Phi) is 5.15. The van der Waals surface area contributed by atoms with Crippen molar-refractivity contribution in [1.82, 2.24) is 14.9 Å². The number of nitrogens with zero attached hydrogens (tertiary/aromatic N) is 5. The zero-order valence-corrected chi connectivity index (χ0v) is 17.8. The lowest BCUT2D eigenvalue weighted by molar-refractivity contribution is -0.120. The minimum absolute atomic E-state index is 0.271. The van der Waals surface area contributed by atoms with Gasteiger partial charge in [-0.25, -0.2) is 14.9 Å². The zero-order valence-electron chi connectivity index (χ0n) is 17.8. The van der Waals surface area contributed by atoms with Gasteiger partial charge in [0.1, 0.15) is 5.70 Å². The molecule has 0 bridgehead atoms. The molecule has 7 heteroatoms. The van der Waals surface area contributed by atoms with Gasteiger partial charge in [-0.1, -0.05) is 48.5 Å². The molecule has 2 aromatic carbocycles. The zero-order chi connectivity index (χ0) is 22.1. The average Bonchev–Trinajstić information content (AvgIpc) is 3.10. The summed E-state index contributed by atoms with van der Waals surface area (Å²) in [6.45, 7) is 4.45. The second kappa shape index (κ2) is 8.26. The normalized spacial score (nSPS) is 16.8. The maximum Gasteiger partial charge on any atom is 0.282 e. The van der Waals surface area contributed by atoms with E-state index in [-0.39, 0.29) is 11.8 Å².